The van der Waals surface area contributed by atoms with E-state index in [9.17, 15) is 18.4 Å². The third kappa shape index (κ3) is 2.34. The molecule has 2 aromatic carbocycles. The SMILES string of the molecule is [O-][n+]1ccc2c(ccc3oc(-c4ccc(C(F)(F)F)cc4)nc32)c1. The first-order valence-corrected chi connectivity index (χ1v) is 7.01. The Balaban J connectivity index is 1.84. The molecule has 0 amide bonds. The minimum atomic E-state index is -4.39. The number of oxazole rings is 1. The van der Waals surface area contributed by atoms with E-state index in [0.717, 1.165) is 17.5 Å². The van der Waals surface area contributed by atoms with Crippen LogP contribution in [0.3, 0.4) is 0 Å². The minimum absolute atomic E-state index is 0.227. The van der Waals surface area contributed by atoms with Crippen LogP contribution in [-0.2, 0) is 6.18 Å². The zero-order chi connectivity index (χ0) is 16.9. The lowest BCUT2D eigenvalue weighted by Gasteiger charge is -2.05. The Morgan fingerprint density at radius 2 is 1.75 bits per heavy atom. The van der Waals surface area contributed by atoms with E-state index in [1.54, 1.807) is 18.2 Å². The molecule has 0 spiro atoms. The van der Waals surface area contributed by atoms with Crippen molar-refractivity contribution in [2.45, 2.75) is 6.18 Å². The second-order valence-corrected chi connectivity index (χ2v) is 5.31. The van der Waals surface area contributed by atoms with Crippen molar-refractivity contribution in [1.29, 1.82) is 0 Å². The highest BCUT2D eigenvalue weighted by atomic mass is 19.4. The average Bonchev–Trinajstić information content (AvgIpc) is 2.98. The highest BCUT2D eigenvalue weighted by molar-refractivity contribution is 6.03. The summed E-state index contributed by atoms with van der Waals surface area (Å²) in [6.45, 7) is 0. The lowest BCUT2D eigenvalue weighted by molar-refractivity contribution is -0.603. The number of aromatic nitrogens is 2. The van der Waals surface area contributed by atoms with Gasteiger partial charge in [-0.3, -0.25) is 0 Å². The fourth-order valence-electron chi connectivity index (χ4n) is 2.57. The summed E-state index contributed by atoms with van der Waals surface area (Å²) in [5, 5.41) is 12.8. The summed E-state index contributed by atoms with van der Waals surface area (Å²) >= 11 is 0. The van der Waals surface area contributed by atoms with E-state index in [-0.39, 0.29) is 5.89 Å². The van der Waals surface area contributed by atoms with E-state index < -0.39 is 11.7 Å². The maximum Gasteiger partial charge on any atom is 0.416 e. The van der Waals surface area contributed by atoms with Crippen molar-refractivity contribution in [3.05, 3.63) is 65.6 Å². The molecule has 0 aliphatic rings. The van der Waals surface area contributed by atoms with E-state index in [2.05, 4.69) is 4.98 Å². The van der Waals surface area contributed by atoms with Gasteiger partial charge in [-0.1, -0.05) is 0 Å². The molecule has 0 atom stereocenters. The number of halogens is 3. The molecule has 0 saturated heterocycles. The first-order chi connectivity index (χ1) is 11.4. The molecule has 4 nitrogen and oxygen atoms in total. The van der Waals surface area contributed by atoms with Crippen LogP contribution in [0.1, 0.15) is 5.56 Å². The van der Waals surface area contributed by atoms with Gasteiger partial charge in [-0.15, -0.1) is 0 Å². The van der Waals surface area contributed by atoms with E-state index in [0.29, 0.717) is 26.8 Å². The van der Waals surface area contributed by atoms with Crippen molar-refractivity contribution >= 4 is 21.9 Å². The van der Waals surface area contributed by atoms with Crippen LogP contribution in [0.2, 0.25) is 0 Å². The van der Waals surface area contributed by atoms with Gasteiger partial charge in [-0.2, -0.15) is 17.9 Å². The van der Waals surface area contributed by atoms with E-state index in [4.69, 9.17) is 4.42 Å². The molecule has 7 heteroatoms. The Hall–Kier alpha value is -3.09. The topological polar surface area (TPSA) is 53.0 Å². The predicted octanol–water partition coefficient (Wildman–Crippen LogP) is 4.30. The molecule has 0 aliphatic heterocycles. The van der Waals surface area contributed by atoms with Crippen LogP contribution in [-0.4, -0.2) is 4.98 Å². The Morgan fingerprint density at radius 3 is 2.46 bits per heavy atom. The van der Waals surface area contributed by atoms with Crippen molar-refractivity contribution in [2.24, 2.45) is 0 Å². The monoisotopic (exact) mass is 330 g/mol. The minimum Gasteiger partial charge on any atom is -0.619 e. The highest BCUT2D eigenvalue weighted by Gasteiger charge is 2.30. The first-order valence-electron chi connectivity index (χ1n) is 7.01. The van der Waals surface area contributed by atoms with Gasteiger partial charge < -0.3 is 9.62 Å². The predicted molar refractivity (Wildman–Crippen MR) is 80.9 cm³/mol. The number of benzene rings is 2. The maximum absolute atomic E-state index is 12.6. The molecule has 24 heavy (non-hydrogen) atoms. The molecule has 0 unspecified atom stereocenters. The largest absolute Gasteiger partial charge is 0.619 e. The smallest absolute Gasteiger partial charge is 0.416 e. The van der Waals surface area contributed by atoms with E-state index in [1.165, 1.54) is 24.5 Å². The summed E-state index contributed by atoms with van der Waals surface area (Å²) in [5.41, 5.74) is 0.777. The zero-order valence-corrected chi connectivity index (χ0v) is 12.0. The maximum atomic E-state index is 12.6. The lowest BCUT2D eigenvalue weighted by atomic mass is 10.1. The molecule has 0 saturated carbocycles. The third-order valence-corrected chi connectivity index (χ3v) is 3.75. The summed E-state index contributed by atoms with van der Waals surface area (Å²) in [6.07, 6.45) is -1.61. The van der Waals surface area contributed by atoms with Crippen LogP contribution in [0.15, 0.2) is 59.3 Å². The van der Waals surface area contributed by atoms with Gasteiger partial charge in [0.05, 0.1) is 5.56 Å². The Kier molecular flexibility index (Phi) is 2.99. The average molecular weight is 330 g/mol. The molecule has 4 aromatic rings. The number of hydrogen-bond acceptors (Lipinski definition) is 3. The number of rotatable bonds is 1. The molecule has 0 aliphatic carbocycles. The van der Waals surface area contributed by atoms with Gasteiger partial charge in [0, 0.05) is 22.4 Å². The van der Waals surface area contributed by atoms with Crippen LogP contribution in [0, 0.1) is 5.21 Å². The standard InChI is InChI=1S/C17H9F3N2O2/c18-17(19,20)12-4-1-10(2-5-12)16-21-15-13-7-8-22(23)9-11(13)3-6-14(15)24-16/h1-9H. The normalized spacial score (nSPS) is 12.1. The van der Waals surface area contributed by atoms with Crippen LogP contribution in [0.25, 0.3) is 33.3 Å². The van der Waals surface area contributed by atoms with Crippen molar-refractivity contribution in [1.82, 2.24) is 4.98 Å². The van der Waals surface area contributed by atoms with Crippen LogP contribution in [0.5, 0.6) is 0 Å². The van der Waals surface area contributed by atoms with Gasteiger partial charge in [-0.25, -0.2) is 4.98 Å². The molecule has 0 radical (unpaired) electrons. The van der Waals surface area contributed by atoms with E-state index in [1.807, 2.05) is 0 Å². The van der Waals surface area contributed by atoms with Crippen molar-refractivity contribution in [3.63, 3.8) is 0 Å². The van der Waals surface area contributed by atoms with Crippen molar-refractivity contribution < 1.29 is 22.3 Å². The van der Waals surface area contributed by atoms with Crippen LogP contribution in [0.4, 0.5) is 13.2 Å². The van der Waals surface area contributed by atoms with Crippen molar-refractivity contribution in [3.8, 4) is 11.5 Å². The van der Waals surface area contributed by atoms with Crippen LogP contribution >= 0.6 is 0 Å². The molecular formula is C17H9F3N2O2. The highest BCUT2D eigenvalue weighted by Crippen LogP contribution is 2.32. The van der Waals surface area contributed by atoms with Gasteiger partial charge >= 0.3 is 6.18 Å². The molecule has 0 bridgehead atoms. The van der Waals surface area contributed by atoms with Crippen molar-refractivity contribution in [2.75, 3.05) is 0 Å². The quantitative estimate of drug-likeness (QED) is 0.386. The summed E-state index contributed by atoms with van der Waals surface area (Å²) in [5.74, 6) is 0.227. The van der Waals surface area contributed by atoms with Gasteiger partial charge in [0.1, 0.15) is 5.52 Å². The summed E-state index contributed by atoms with van der Waals surface area (Å²) in [6, 6.07) is 9.66. The second-order valence-electron chi connectivity index (χ2n) is 5.31. The third-order valence-electron chi connectivity index (χ3n) is 3.75. The number of fused-ring (bicyclic) bond motifs is 3. The molecule has 2 aromatic heterocycles. The Morgan fingerprint density at radius 1 is 1.00 bits per heavy atom. The first kappa shape index (κ1) is 14.5. The van der Waals surface area contributed by atoms with Gasteiger partial charge in [0.25, 0.3) is 0 Å². The Bertz CT molecular complexity index is 1050. The zero-order valence-electron chi connectivity index (χ0n) is 12.0. The van der Waals surface area contributed by atoms with Gasteiger partial charge in [0.2, 0.25) is 5.89 Å². The molecule has 0 fully saturated rings. The summed E-state index contributed by atoms with van der Waals surface area (Å²) in [7, 11) is 0. The molecule has 120 valence electrons. The number of nitrogens with zero attached hydrogens (tertiary/aromatic N) is 2. The molecule has 4 rings (SSSR count). The lowest BCUT2D eigenvalue weighted by Crippen LogP contribution is -2.23. The molecular weight excluding hydrogens is 321 g/mol. The fourth-order valence-corrected chi connectivity index (χ4v) is 2.57. The van der Waals surface area contributed by atoms with Gasteiger partial charge in [0.15, 0.2) is 18.0 Å². The van der Waals surface area contributed by atoms with Gasteiger partial charge in [-0.05, 0) is 36.4 Å². The second kappa shape index (κ2) is 4.95. The number of hydrogen-bond donors (Lipinski definition) is 0. The number of pyridine rings is 1. The molecule has 2 heterocycles. The van der Waals surface area contributed by atoms with Crippen LogP contribution < -0.4 is 4.73 Å². The van der Waals surface area contributed by atoms with E-state index >= 15 is 0 Å². The summed E-state index contributed by atoms with van der Waals surface area (Å²) in [4.78, 5) is 4.37. The summed E-state index contributed by atoms with van der Waals surface area (Å²) < 4.78 is 44.2. The fraction of sp³-hybridized carbons (Fsp3) is 0.0588. The Labute approximate surface area is 133 Å². The molecule has 0 N–H and O–H groups in total. The number of alkyl halides is 3.